The molecular weight excluding hydrogens is 246 g/mol. The molecule has 1 aliphatic rings. The molecule has 1 fully saturated rings. The van der Waals surface area contributed by atoms with E-state index in [-0.39, 0.29) is 5.92 Å². The van der Waals surface area contributed by atoms with Crippen molar-refractivity contribution in [3.8, 4) is 11.8 Å². The maximum atomic E-state index is 11.6. The Morgan fingerprint density at radius 3 is 2.40 bits per heavy atom. The maximum Gasteiger partial charge on any atom is 0.136 e. The summed E-state index contributed by atoms with van der Waals surface area (Å²) in [6.45, 7) is 11.5. The second-order valence-electron chi connectivity index (χ2n) is 6.67. The first kappa shape index (κ1) is 17.2. The number of hydrogen-bond acceptors (Lipinski definition) is 2. The normalized spacial score (nSPS) is 17.3. The average molecular weight is 277 g/mol. The van der Waals surface area contributed by atoms with Crippen LogP contribution in [-0.2, 0) is 4.79 Å². The van der Waals surface area contributed by atoms with Crippen LogP contribution in [-0.4, -0.2) is 30.3 Å². The Kier molecular flexibility index (Phi) is 7.92. The SMILES string of the molecule is CC(C)C#CCCC1CCN(CCC(=O)C(C)C)CC1. The van der Waals surface area contributed by atoms with Crippen molar-refractivity contribution in [2.45, 2.75) is 59.8 Å². The number of ketones is 1. The number of carbonyl (C=O) groups excluding carboxylic acids is 1. The van der Waals surface area contributed by atoms with E-state index in [2.05, 4.69) is 30.6 Å². The summed E-state index contributed by atoms with van der Waals surface area (Å²) in [7, 11) is 0. The molecule has 1 aliphatic heterocycles. The van der Waals surface area contributed by atoms with E-state index in [1.165, 1.54) is 19.3 Å². The first-order valence-electron chi connectivity index (χ1n) is 8.22. The van der Waals surface area contributed by atoms with Crippen molar-refractivity contribution in [3.05, 3.63) is 0 Å². The molecule has 0 saturated carbocycles. The zero-order chi connectivity index (χ0) is 15.0. The van der Waals surface area contributed by atoms with E-state index in [0.29, 0.717) is 11.7 Å². The van der Waals surface area contributed by atoms with Crippen molar-refractivity contribution in [3.63, 3.8) is 0 Å². The van der Waals surface area contributed by atoms with Crippen molar-refractivity contribution in [1.29, 1.82) is 0 Å². The summed E-state index contributed by atoms with van der Waals surface area (Å²) < 4.78 is 0. The minimum absolute atomic E-state index is 0.187. The summed E-state index contributed by atoms with van der Waals surface area (Å²) in [5, 5.41) is 0. The monoisotopic (exact) mass is 277 g/mol. The molecular formula is C18H31NO. The Labute approximate surface area is 125 Å². The molecule has 0 atom stereocenters. The highest BCUT2D eigenvalue weighted by Crippen LogP contribution is 2.21. The van der Waals surface area contributed by atoms with Crippen LogP contribution in [0.1, 0.15) is 59.8 Å². The maximum absolute atomic E-state index is 11.6. The van der Waals surface area contributed by atoms with Gasteiger partial charge in [0.2, 0.25) is 0 Å². The fourth-order valence-electron chi connectivity index (χ4n) is 2.61. The Hall–Kier alpha value is -0.810. The van der Waals surface area contributed by atoms with Gasteiger partial charge in [0.15, 0.2) is 0 Å². The van der Waals surface area contributed by atoms with Crippen LogP contribution in [0.2, 0.25) is 0 Å². The van der Waals surface area contributed by atoms with E-state index in [0.717, 1.165) is 38.4 Å². The molecule has 0 unspecified atom stereocenters. The average Bonchev–Trinajstić information content (AvgIpc) is 2.42. The summed E-state index contributed by atoms with van der Waals surface area (Å²) in [4.78, 5) is 14.1. The zero-order valence-corrected chi connectivity index (χ0v) is 13.7. The van der Waals surface area contributed by atoms with Crippen molar-refractivity contribution >= 4 is 5.78 Å². The Bertz CT molecular complexity index is 340. The van der Waals surface area contributed by atoms with Gasteiger partial charge in [-0.2, -0.15) is 0 Å². The first-order valence-corrected chi connectivity index (χ1v) is 8.22. The van der Waals surface area contributed by atoms with E-state index in [4.69, 9.17) is 0 Å². The lowest BCUT2D eigenvalue weighted by Crippen LogP contribution is -2.35. The largest absolute Gasteiger partial charge is 0.303 e. The summed E-state index contributed by atoms with van der Waals surface area (Å²) in [5.74, 6) is 8.45. The number of likely N-dealkylation sites (tertiary alicyclic amines) is 1. The Balaban J connectivity index is 2.14. The molecule has 2 heteroatoms. The van der Waals surface area contributed by atoms with Crippen LogP contribution in [0.5, 0.6) is 0 Å². The van der Waals surface area contributed by atoms with Crippen LogP contribution < -0.4 is 0 Å². The molecule has 0 spiro atoms. The summed E-state index contributed by atoms with van der Waals surface area (Å²) >= 11 is 0. The van der Waals surface area contributed by atoms with Gasteiger partial charge in [-0.05, 0) is 38.3 Å². The topological polar surface area (TPSA) is 20.3 Å². The quantitative estimate of drug-likeness (QED) is 0.689. The second-order valence-corrected chi connectivity index (χ2v) is 6.67. The standard InChI is InChI=1S/C18H31NO/c1-15(2)7-5-6-8-17-9-12-19(13-10-17)14-11-18(20)16(3)4/h15-17H,6,8-14H2,1-4H3. The third kappa shape index (κ3) is 7.10. The molecule has 0 aromatic rings. The van der Waals surface area contributed by atoms with Crippen molar-refractivity contribution in [1.82, 2.24) is 4.90 Å². The molecule has 1 saturated heterocycles. The lowest BCUT2D eigenvalue weighted by molar-refractivity contribution is -0.122. The van der Waals surface area contributed by atoms with Gasteiger partial charge in [0, 0.05) is 31.2 Å². The summed E-state index contributed by atoms with van der Waals surface area (Å²) in [6.07, 6.45) is 5.58. The number of nitrogens with zero attached hydrogens (tertiary/aromatic N) is 1. The molecule has 0 N–H and O–H groups in total. The molecule has 114 valence electrons. The lowest BCUT2D eigenvalue weighted by atomic mass is 9.92. The second kappa shape index (κ2) is 9.19. The van der Waals surface area contributed by atoms with Crippen LogP contribution in [0.3, 0.4) is 0 Å². The van der Waals surface area contributed by atoms with Crippen molar-refractivity contribution in [2.24, 2.45) is 17.8 Å². The van der Waals surface area contributed by atoms with E-state index >= 15 is 0 Å². The predicted octanol–water partition coefficient (Wildman–Crippen LogP) is 3.75. The third-order valence-corrected chi connectivity index (χ3v) is 4.09. The van der Waals surface area contributed by atoms with E-state index in [1.807, 2.05) is 13.8 Å². The molecule has 1 heterocycles. The van der Waals surface area contributed by atoms with Gasteiger partial charge < -0.3 is 4.90 Å². The van der Waals surface area contributed by atoms with Gasteiger partial charge in [0.05, 0.1) is 0 Å². The van der Waals surface area contributed by atoms with E-state index < -0.39 is 0 Å². The van der Waals surface area contributed by atoms with Crippen molar-refractivity contribution in [2.75, 3.05) is 19.6 Å². The molecule has 0 radical (unpaired) electrons. The van der Waals surface area contributed by atoms with Gasteiger partial charge in [-0.3, -0.25) is 4.79 Å². The molecule has 20 heavy (non-hydrogen) atoms. The first-order chi connectivity index (χ1) is 9.49. The molecule has 0 aromatic carbocycles. The van der Waals surface area contributed by atoms with Crippen LogP contribution in [0.4, 0.5) is 0 Å². The third-order valence-electron chi connectivity index (χ3n) is 4.09. The number of Topliss-reactive ketones (excluding diaryl/α,β-unsaturated/α-hetero) is 1. The van der Waals surface area contributed by atoms with E-state index in [1.54, 1.807) is 0 Å². The minimum Gasteiger partial charge on any atom is -0.303 e. The van der Waals surface area contributed by atoms with E-state index in [9.17, 15) is 4.79 Å². The fourth-order valence-corrected chi connectivity index (χ4v) is 2.61. The number of carbonyl (C=O) groups is 1. The molecule has 0 bridgehead atoms. The van der Waals surface area contributed by atoms with Gasteiger partial charge in [-0.15, -0.1) is 11.8 Å². The number of hydrogen-bond donors (Lipinski definition) is 0. The molecule has 0 aliphatic carbocycles. The Morgan fingerprint density at radius 1 is 1.20 bits per heavy atom. The summed E-state index contributed by atoms with van der Waals surface area (Å²) in [6, 6.07) is 0. The van der Waals surface area contributed by atoms with Gasteiger partial charge in [-0.25, -0.2) is 0 Å². The number of rotatable bonds is 6. The molecule has 0 amide bonds. The number of piperidine rings is 1. The highest BCUT2D eigenvalue weighted by molar-refractivity contribution is 5.80. The summed E-state index contributed by atoms with van der Waals surface area (Å²) in [5.41, 5.74) is 0. The van der Waals surface area contributed by atoms with Crippen LogP contribution in [0.15, 0.2) is 0 Å². The van der Waals surface area contributed by atoms with Crippen LogP contribution >= 0.6 is 0 Å². The van der Waals surface area contributed by atoms with Gasteiger partial charge in [0.25, 0.3) is 0 Å². The van der Waals surface area contributed by atoms with Gasteiger partial charge >= 0.3 is 0 Å². The van der Waals surface area contributed by atoms with Crippen LogP contribution in [0, 0.1) is 29.6 Å². The zero-order valence-electron chi connectivity index (χ0n) is 13.7. The van der Waals surface area contributed by atoms with Crippen molar-refractivity contribution < 1.29 is 4.79 Å². The van der Waals surface area contributed by atoms with Gasteiger partial charge in [-0.1, -0.05) is 27.7 Å². The fraction of sp³-hybridized carbons (Fsp3) is 0.833. The molecule has 2 nitrogen and oxygen atoms in total. The Morgan fingerprint density at radius 2 is 1.85 bits per heavy atom. The lowest BCUT2D eigenvalue weighted by Gasteiger charge is -2.31. The van der Waals surface area contributed by atoms with Crippen LogP contribution in [0.25, 0.3) is 0 Å². The predicted molar refractivity (Wildman–Crippen MR) is 85.5 cm³/mol. The minimum atomic E-state index is 0.187. The van der Waals surface area contributed by atoms with Gasteiger partial charge in [0.1, 0.15) is 5.78 Å². The highest BCUT2D eigenvalue weighted by Gasteiger charge is 2.19. The highest BCUT2D eigenvalue weighted by atomic mass is 16.1. The smallest absolute Gasteiger partial charge is 0.136 e. The molecule has 0 aromatic heterocycles. The molecule has 1 rings (SSSR count).